The number of benzene rings is 1. The van der Waals surface area contributed by atoms with E-state index in [1.165, 1.54) is 4.90 Å². The van der Waals surface area contributed by atoms with E-state index in [0.717, 1.165) is 17.5 Å². The summed E-state index contributed by atoms with van der Waals surface area (Å²) in [5.74, 6) is -0.204. The molecular formula is C22H23ClFN5O2. The predicted octanol–water partition coefficient (Wildman–Crippen LogP) is 5.48. The summed E-state index contributed by atoms with van der Waals surface area (Å²) in [5, 5.41) is 12.4. The maximum Gasteiger partial charge on any atom is 0.413 e. The van der Waals surface area contributed by atoms with Crippen LogP contribution in [0.4, 0.5) is 26.5 Å². The highest BCUT2D eigenvalue weighted by atomic mass is 35.5. The lowest BCUT2D eigenvalue weighted by molar-refractivity contribution is 0.195. The Labute approximate surface area is 184 Å². The molecule has 0 radical (unpaired) electrons. The van der Waals surface area contributed by atoms with Crippen molar-refractivity contribution in [3.05, 3.63) is 71.0 Å². The van der Waals surface area contributed by atoms with Gasteiger partial charge in [0.15, 0.2) is 11.6 Å². The van der Waals surface area contributed by atoms with Gasteiger partial charge in [-0.1, -0.05) is 18.2 Å². The Morgan fingerprint density at radius 2 is 1.90 bits per heavy atom. The number of aromatic nitrogens is 3. The fraction of sp³-hybridized carbons (Fsp3) is 0.273. The van der Waals surface area contributed by atoms with Crippen LogP contribution in [-0.2, 0) is 12.8 Å². The van der Waals surface area contributed by atoms with Crippen LogP contribution in [0, 0.1) is 5.82 Å². The number of hydrogen-bond acceptors (Lipinski definition) is 5. The van der Waals surface area contributed by atoms with Crippen LogP contribution < -0.4 is 10.2 Å². The third kappa shape index (κ3) is 5.88. The minimum atomic E-state index is -1.05. The fourth-order valence-corrected chi connectivity index (χ4v) is 3.24. The first kappa shape index (κ1) is 22.4. The summed E-state index contributed by atoms with van der Waals surface area (Å²) in [6, 6.07) is 12.9. The fourth-order valence-electron chi connectivity index (χ4n) is 3.11. The third-order valence-electron chi connectivity index (χ3n) is 4.46. The topological polar surface area (TPSA) is 91.2 Å². The molecule has 2 aromatic heterocycles. The SMILES string of the molecule is CC(C)(C)N(C(=O)O)c1cccc(CCc2cccc(Nc3nc(Cl)ncc3F)c2)n1. The zero-order chi connectivity index (χ0) is 22.6. The van der Waals surface area contributed by atoms with Crippen LogP contribution in [0.2, 0.25) is 5.28 Å². The van der Waals surface area contributed by atoms with Gasteiger partial charge in [0, 0.05) is 16.9 Å². The number of aryl methyl sites for hydroxylation is 2. The van der Waals surface area contributed by atoms with Gasteiger partial charge in [0.1, 0.15) is 5.82 Å². The number of hydrogen-bond donors (Lipinski definition) is 2. The summed E-state index contributed by atoms with van der Waals surface area (Å²) in [7, 11) is 0. The van der Waals surface area contributed by atoms with Crippen molar-refractivity contribution in [1.29, 1.82) is 0 Å². The molecule has 162 valence electrons. The maximum atomic E-state index is 13.9. The summed E-state index contributed by atoms with van der Waals surface area (Å²) in [6.07, 6.45) is 1.25. The lowest BCUT2D eigenvalue weighted by atomic mass is 10.1. The van der Waals surface area contributed by atoms with Gasteiger partial charge in [0.25, 0.3) is 0 Å². The first-order valence-electron chi connectivity index (χ1n) is 9.66. The second kappa shape index (κ2) is 9.26. The Morgan fingerprint density at radius 3 is 2.61 bits per heavy atom. The van der Waals surface area contributed by atoms with Crippen LogP contribution in [0.1, 0.15) is 32.0 Å². The molecule has 0 aliphatic heterocycles. The van der Waals surface area contributed by atoms with Gasteiger partial charge in [0.2, 0.25) is 5.28 Å². The molecule has 31 heavy (non-hydrogen) atoms. The van der Waals surface area contributed by atoms with E-state index in [0.29, 0.717) is 24.3 Å². The molecule has 0 atom stereocenters. The molecule has 0 aliphatic carbocycles. The zero-order valence-corrected chi connectivity index (χ0v) is 18.2. The van der Waals surface area contributed by atoms with Crippen molar-refractivity contribution in [3.63, 3.8) is 0 Å². The number of carbonyl (C=O) groups is 1. The van der Waals surface area contributed by atoms with Crippen LogP contribution in [0.15, 0.2) is 48.7 Å². The van der Waals surface area contributed by atoms with Gasteiger partial charge in [-0.15, -0.1) is 0 Å². The van der Waals surface area contributed by atoms with Crippen molar-refractivity contribution in [3.8, 4) is 0 Å². The minimum absolute atomic E-state index is 0.00228. The number of pyridine rings is 1. The Kier molecular flexibility index (Phi) is 6.70. The summed E-state index contributed by atoms with van der Waals surface area (Å²) >= 11 is 5.74. The monoisotopic (exact) mass is 443 g/mol. The molecular weight excluding hydrogens is 421 g/mol. The van der Waals surface area contributed by atoms with Gasteiger partial charge in [-0.3, -0.25) is 4.90 Å². The summed E-state index contributed by atoms with van der Waals surface area (Å²) in [5.41, 5.74) is 1.83. The van der Waals surface area contributed by atoms with Crippen molar-refractivity contribution >= 4 is 35.0 Å². The number of anilines is 3. The molecule has 2 heterocycles. The van der Waals surface area contributed by atoms with Crippen LogP contribution >= 0.6 is 11.6 Å². The van der Waals surface area contributed by atoms with Crippen LogP contribution in [0.3, 0.4) is 0 Å². The Bertz CT molecular complexity index is 1090. The molecule has 0 spiro atoms. The number of amides is 1. The lowest BCUT2D eigenvalue weighted by Crippen LogP contribution is -2.45. The highest BCUT2D eigenvalue weighted by Crippen LogP contribution is 2.23. The van der Waals surface area contributed by atoms with Crippen molar-refractivity contribution in [2.45, 2.75) is 39.2 Å². The van der Waals surface area contributed by atoms with Gasteiger partial charge in [0.05, 0.1) is 6.20 Å². The molecule has 9 heteroatoms. The van der Waals surface area contributed by atoms with Crippen molar-refractivity contribution in [1.82, 2.24) is 15.0 Å². The number of halogens is 2. The van der Waals surface area contributed by atoms with Gasteiger partial charge < -0.3 is 10.4 Å². The van der Waals surface area contributed by atoms with Crippen LogP contribution in [0.25, 0.3) is 0 Å². The Hall–Kier alpha value is -3.26. The number of nitrogens with zero attached hydrogens (tertiary/aromatic N) is 4. The lowest BCUT2D eigenvalue weighted by Gasteiger charge is -2.32. The van der Waals surface area contributed by atoms with Gasteiger partial charge >= 0.3 is 6.09 Å². The second-order valence-corrected chi connectivity index (χ2v) is 8.27. The minimum Gasteiger partial charge on any atom is -0.465 e. The normalized spacial score (nSPS) is 11.3. The van der Waals surface area contributed by atoms with E-state index in [-0.39, 0.29) is 11.1 Å². The molecule has 0 aliphatic rings. The van der Waals surface area contributed by atoms with Crippen LogP contribution in [0.5, 0.6) is 0 Å². The van der Waals surface area contributed by atoms with E-state index in [1.807, 2.05) is 45.0 Å². The second-order valence-electron chi connectivity index (χ2n) is 7.94. The molecule has 0 saturated heterocycles. The average Bonchev–Trinajstić information content (AvgIpc) is 2.68. The first-order chi connectivity index (χ1) is 14.6. The Balaban J connectivity index is 1.73. The molecule has 3 aromatic rings. The highest BCUT2D eigenvalue weighted by Gasteiger charge is 2.28. The van der Waals surface area contributed by atoms with E-state index in [2.05, 4.69) is 20.3 Å². The molecule has 0 bridgehead atoms. The standard InChI is InChI=1S/C22H23ClFN5O2/c1-22(2,3)29(21(30)31)18-9-5-7-15(26-18)11-10-14-6-4-8-16(12-14)27-19-17(24)13-25-20(23)28-19/h4-9,12-13H,10-11H2,1-3H3,(H,30,31)(H,25,27,28). The van der Waals surface area contributed by atoms with Gasteiger partial charge in [-0.25, -0.2) is 19.2 Å². The van der Waals surface area contributed by atoms with E-state index < -0.39 is 17.4 Å². The van der Waals surface area contributed by atoms with E-state index in [9.17, 15) is 14.3 Å². The molecule has 2 N–H and O–H groups in total. The predicted molar refractivity (Wildman–Crippen MR) is 119 cm³/mol. The molecule has 0 saturated carbocycles. The Morgan fingerprint density at radius 1 is 1.16 bits per heavy atom. The maximum absolute atomic E-state index is 13.9. The zero-order valence-electron chi connectivity index (χ0n) is 17.4. The van der Waals surface area contributed by atoms with Crippen LogP contribution in [-0.4, -0.2) is 31.7 Å². The first-order valence-corrected chi connectivity index (χ1v) is 10.0. The molecule has 7 nitrogen and oxygen atoms in total. The van der Waals surface area contributed by atoms with E-state index in [4.69, 9.17) is 11.6 Å². The highest BCUT2D eigenvalue weighted by molar-refractivity contribution is 6.28. The molecule has 0 unspecified atom stereocenters. The van der Waals surface area contributed by atoms with E-state index in [1.54, 1.807) is 18.2 Å². The van der Waals surface area contributed by atoms with Crippen molar-refractivity contribution < 1.29 is 14.3 Å². The molecule has 1 aromatic carbocycles. The quantitative estimate of drug-likeness (QED) is 0.490. The van der Waals surface area contributed by atoms with Crippen molar-refractivity contribution in [2.75, 3.05) is 10.2 Å². The number of nitrogens with one attached hydrogen (secondary N) is 1. The van der Waals surface area contributed by atoms with Gasteiger partial charge in [-0.2, -0.15) is 4.98 Å². The number of rotatable bonds is 6. The third-order valence-corrected chi connectivity index (χ3v) is 4.64. The summed E-state index contributed by atoms with van der Waals surface area (Å²) in [4.78, 5) is 24.9. The van der Waals surface area contributed by atoms with E-state index >= 15 is 0 Å². The summed E-state index contributed by atoms with van der Waals surface area (Å²) < 4.78 is 13.9. The number of carboxylic acid groups (broad SMARTS) is 1. The smallest absolute Gasteiger partial charge is 0.413 e. The van der Waals surface area contributed by atoms with Gasteiger partial charge in [-0.05, 0) is 75.0 Å². The molecule has 3 rings (SSSR count). The molecule has 1 amide bonds. The average molecular weight is 444 g/mol. The van der Waals surface area contributed by atoms with Crippen molar-refractivity contribution in [2.24, 2.45) is 0 Å². The largest absolute Gasteiger partial charge is 0.465 e. The summed E-state index contributed by atoms with van der Waals surface area (Å²) in [6.45, 7) is 5.46. The molecule has 0 fully saturated rings.